The van der Waals surface area contributed by atoms with Crippen molar-refractivity contribution >= 4 is 5.97 Å². The Labute approximate surface area is 78.1 Å². The Balaban J connectivity index is 4.02. The summed E-state index contributed by atoms with van der Waals surface area (Å²) in [7, 11) is 0. The number of nitriles is 1. The maximum atomic E-state index is 11.2. The lowest BCUT2D eigenvalue weighted by Gasteiger charge is -2.16. The first kappa shape index (κ1) is 11.9. The molecule has 4 heteroatoms. The third-order valence-corrected chi connectivity index (χ3v) is 1.74. The third-order valence-electron chi connectivity index (χ3n) is 1.74. The molecule has 0 fully saturated rings. The quantitative estimate of drug-likeness (QED) is 0.509. The van der Waals surface area contributed by atoms with Crippen molar-refractivity contribution in [2.45, 2.75) is 26.7 Å². The maximum absolute atomic E-state index is 11.2. The molecule has 13 heavy (non-hydrogen) atoms. The van der Waals surface area contributed by atoms with Gasteiger partial charge in [-0.3, -0.25) is 4.79 Å². The first-order valence-corrected chi connectivity index (χ1v) is 4.30. The Bertz CT molecular complexity index is 209. The molecule has 0 aromatic rings. The molecule has 0 aromatic carbocycles. The maximum Gasteiger partial charge on any atom is 0.328 e. The van der Waals surface area contributed by atoms with Crippen LogP contribution in [0, 0.1) is 16.7 Å². The highest BCUT2D eigenvalue weighted by atomic mass is 16.5. The molecule has 0 aliphatic rings. The van der Waals surface area contributed by atoms with Crippen LogP contribution in [0.2, 0.25) is 0 Å². The second-order valence-corrected chi connectivity index (χ2v) is 3.09. The van der Waals surface area contributed by atoms with E-state index in [4.69, 9.17) is 15.1 Å². The lowest BCUT2D eigenvalue weighted by molar-refractivity contribution is -0.153. The van der Waals surface area contributed by atoms with Crippen LogP contribution in [0.15, 0.2) is 0 Å². The molecule has 0 heterocycles. The van der Waals surface area contributed by atoms with Gasteiger partial charge in [-0.25, -0.2) is 0 Å². The Morgan fingerprint density at radius 3 is 2.69 bits per heavy atom. The topological polar surface area (TPSA) is 70.3 Å². The zero-order valence-electron chi connectivity index (χ0n) is 8.04. The first-order chi connectivity index (χ1) is 6.10. The van der Waals surface area contributed by atoms with Crippen LogP contribution in [0.25, 0.3) is 0 Å². The molecule has 1 atom stereocenters. The largest absolute Gasteiger partial charge is 0.464 e. The van der Waals surface area contributed by atoms with Crippen LogP contribution in [0.5, 0.6) is 0 Å². The highest BCUT2D eigenvalue weighted by Gasteiger charge is 2.34. The second-order valence-electron chi connectivity index (χ2n) is 3.09. The Kier molecular flexibility index (Phi) is 5.09. The monoisotopic (exact) mass is 185 g/mol. The van der Waals surface area contributed by atoms with Gasteiger partial charge in [0.1, 0.15) is 0 Å². The summed E-state index contributed by atoms with van der Waals surface area (Å²) >= 11 is 0. The minimum atomic E-state index is -1.41. The molecule has 0 saturated heterocycles. The van der Waals surface area contributed by atoms with Crippen LogP contribution in [0.1, 0.15) is 26.7 Å². The summed E-state index contributed by atoms with van der Waals surface area (Å²) in [5, 5.41) is 17.4. The Hall–Kier alpha value is -1.08. The molecule has 0 rings (SSSR count). The van der Waals surface area contributed by atoms with Crippen molar-refractivity contribution in [3.05, 3.63) is 0 Å². The van der Waals surface area contributed by atoms with Gasteiger partial charge in [0.25, 0.3) is 0 Å². The van der Waals surface area contributed by atoms with E-state index in [1.807, 2.05) is 6.92 Å². The molecule has 0 saturated carbocycles. The van der Waals surface area contributed by atoms with Crippen molar-refractivity contribution in [2.24, 2.45) is 5.41 Å². The van der Waals surface area contributed by atoms with Crippen LogP contribution in [-0.2, 0) is 9.53 Å². The number of ether oxygens (including phenoxy) is 1. The molecule has 0 radical (unpaired) electrons. The fraction of sp³-hybridized carbons (Fsp3) is 0.778. The van der Waals surface area contributed by atoms with E-state index in [0.29, 0.717) is 6.61 Å². The zero-order chi connectivity index (χ0) is 10.3. The summed E-state index contributed by atoms with van der Waals surface area (Å²) in [6.07, 6.45) is 1.70. The number of unbranched alkanes of at least 4 members (excludes halogenated alkanes) is 1. The second kappa shape index (κ2) is 5.55. The molecule has 0 aliphatic heterocycles. The van der Waals surface area contributed by atoms with Gasteiger partial charge in [0.2, 0.25) is 0 Å². The van der Waals surface area contributed by atoms with Gasteiger partial charge in [-0.1, -0.05) is 13.3 Å². The van der Waals surface area contributed by atoms with Crippen molar-refractivity contribution in [3.8, 4) is 6.07 Å². The lowest BCUT2D eigenvalue weighted by atomic mass is 9.94. The van der Waals surface area contributed by atoms with Gasteiger partial charge in [-0.2, -0.15) is 5.26 Å². The number of hydrogen-bond acceptors (Lipinski definition) is 4. The van der Waals surface area contributed by atoms with Gasteiger partial charge in [0, 0.05) is 0 Å². The lowest BCUT2D eigenvalue weighted by Crippen LogP contribution is -2.32. The summed E-state index contributed by atoms with van der Waals surface area (Å²) in [6, 6.07) is 1.73. The molecule has 74 valence electrons. The normalized spacial score (nSPS) is 14.3. The van der Waals surface area contributed by atoms with Crippen LogP contribution < -0.4 is 0 Å². The number of hydrogen-bond donors (Lipinski definition) is 1. The molecule has 4 nitrogen and oxygen atoms in total. The zero-order valence-corrected chi connectivity index (χ0v) is 8.04. The number of aliphatic hydroxyl groups excluding tert-OH is 1. The van der Waals surface area contributed by atoms with Crippen molar-refractivity contribution in [3.63, 3.8) is 0 Å². The van der Waals surface area contributed by atoms with Crippen LogP contribution in [0.4, 0.5) is 0 Å². The summed E-state index contributed by atoms with van der Waals surface area (Å²) < 4.78 is 4.81. The molecular weight excluding hydrogens is 170 g/mol. The van der Waals surface area contributed by atoms with Gasteiger partial charge in [0.05, 0.1) is 19.3 Å². The fourth-order valence-corrected chi connectivity index (χ4v) is 0.614. The highest BCUT2D eigenvalue weighted by molar-refractivity contribution is 5.79. The SMILES string of the molecule is CCCCOC(=O)[C@@](C)(C#N)CO. The molecule has 0 bridgehead atoms. The predicted octanol–water partition coefficient (Wildman–Crippen LogP) is 0.852. The number of rotatable bonds is 5. The van der Waals surface area contributed by atoms with E-state index in [1.54, 1.807) is 6.07 Å². The fourth-order valence-electron chi connectivity index (χ4n) is 0.614. The van der Waals surface area contributed by atoms with Gasteiger partial charge >= 0.3 is 5.97 Å². The van der Waals surface area contributed by atoms with Gasteiger partial charge < -0.3 is 9.84 Å². The first-order valence-electron chi connectivity index (χ1n) is 4.30. The van der Waals surface area contributed by atoms with Crippen molar-refractivity contribution in [2.75, 3.05) is 13.2 Å². The average molecular weight is 185 g/mol. The Morgan fingerprint density at radius 1 is 1.69 bits per heavy atom. The van der Waals surface area contributed by atoms with E-state index >= 15 is 0 Å². The van der Waals surface area contributed by atoms with Crippen molar-refractivity contribution in [1.82, 2.24) is 0 Å². The standard InChI is InChI=1S/C9H15NO3/c1-3-4-5-13-8(12)9(2,6-10)7-11/h11H,3-5,7H2,1-2H3/t9-/m0/s1. The van der Waals surface area contributed by atoms with Crippen molar-refractivity contribution < 1.29 is 14.6 Å². The van der Waals surface area contributed by atoms with E-state index in [0.717, 1.165) is 12.8 Å². The summed E-state index contributed by atoms with van der Waals surface area (Å²) in [5.41, 5.74) is -1.41. The molecule has 0 aromatic heterocycles. The van der Waals surface area contributed by atoms with Gasteiger partial charge in [0.15, 0.2) is 5.41 Å². The average Bonchev–Trinajstić information content (AvgIpc) is 2.17. The van der Waals surface area contributed by atoms with Gasteiger partial charge in [-0.05, 0) is 13.3 Å². The molecule has 0 aliphatic carbocycles. The van der Waals surface area contributed by atoms with Crippen LogP contribution in [-0.4, -0.2) is 24.3 Å². The molecule has 1 N–H and O–H groups in total. The molecule has 0 amide bonds. The number of esters is 1. The number of carbonyl (C=O) groups excluding carboxylic acids is 1. The summed E-state index contributed by atoms with van der Waals surface area (Å²) in [5.74, 6) is -0.647. The molecule has 0 unspecified atom stereocenters. The minimum absolute atomic E-state index is 0.312. The van der Waals surface area contributed by atoms with Crippen LogP contribution in [0.3, 0.4) is 0 Å². The number of nitrogens with zero attached hydrogens (tertiary/aromatic N) is 1. The van der Waals surface area contributed by atoms with Crippen LogP contribution >= 0.6 is 0 Å². The molecule has 0 spiro atoms. The smallest absolute Gasteiger partial charge is 0.328 e. The number of aliphatic hydroxyl groups is 1. The predicted molar refractivity (Wildman–Crippen MR) is 46.7 cm³/mol. The van der Waals surface area contributed by atoms with E-state index < -0.39 is 18.0 Å². The summed E-state index contributed by atoms with van der Waals surface area (Å²) in [6.45, 7) is 3.14. The Morgan fingerprint density at radius 2 is 2.31 bits per heavy atom. The highest BCUT2D eigenvalue weighted by Crippen LogP contribution is 2.15. The van der Waals surface area contributed by atoms with E-state index in [9.17, 15) is 4.79 Å². The summed E-state index contributed by atoms with van der Waals surface area (Å²) in [4.78, 5) is 11.2. The van der Waals surface area contributed by atoms with E-state index in [1.165, 1.54) is 6.92 Å². The third kappa shape index (κ3) is 3.43. The van der Waals surface area contributed by atoms with E-state index in [2.05, 4.69) is 0 Å². The number of carbonyl (C=O) groups is 1. The van der Waals surface area contributed by atoms with Gasteiger partial charge in [-0.15, -0.1) is 0 Å². The minimum Gasteiger partial charge on any atom is -0.464 e. The van der Waals surface area contributed by atoms with Crippen molar-refractivity contribution in [1.29, 1.82) is 5.26 Å². The molecular formula is C9H15NO3. The van der Waals surface area contributed by atoms with E-state index in [-0.39, 0.29) is 0 Å².